The number of nitrogens with zero attached hydrogens (tertiary/aromatic N) is 1. The number of anilines is 3. The molecule has 0 fully saturated rings. The monoisotopic (exact) mass is 446 g/mol. The van der Waals surface area contributed by atoms with E-state index < -0.39 is 0 Å². The molecule has 0 bridgehead atoms. The number of benzene rings is 3. The summed E-state index contributed by atoms with van der Waals surface area (Å²) in [4.78, 5) is 29.0. The molecule has 0 spiro atoms. The molecular weight excluding hydrogens is 427 g/mol. The molecular formula is C24H19FN4O2S. The van der Waals surface area contributed by atoms with Crippen LogP contribution < -0.4 is 16.0 Å². The molecule has 0 unspecified atom stereocenters. The Labute approximate surface area is 188 Å². The summed E-state index contributed by atoms with van der Waals surface area (Å²) in [5.74, 6) is -0.574. The molecule has 0 aliphatic heterocycles. The van der Waals surface area contributed by atoms with E-state index in [2.05, 4.69) is 20.9 Å². The molecule has 3 aromatic carbocycles. The fourth-order valence-corrected chi connectivity index (χ4v) is 3.82. The molecule has 6 nitrogen and oxygen atoms in total. The Kier molecular flexibility index (Phi) is 6.52. The number of nitrogens with one attached hydrogen (secondary N) is 3. The van der Waals surface area contributed by atoms with E-state index in [0.29, 0.717) is 33.3 Å². The van der Waals surface area contributed by atoms with Crippen LogP contribution in [-0.4, -0.2) is 16.9 Å². The van der Waals surface area contributed by atoms with Gasteiger partial charge in [-0.1, -0.05) is 36.4 Å². The third kappa shape index (κ3) is 5.77. The third-order valence-electron chi connectivity index (χ3n) is 4.40. The maximum atomic E-state index is 13.4. The molecule has 8 heteroatoms. The number of carbonyl (C=O) groups is 2. The lowest BCUT2D eigenvalue weighted by atomic mass is 10.2. The summed E-state index contributed by atoms with van der Waals surface area (Å²) in [6, 6.07) is 21.8. The number of urea groups is 1. The van der Waals surface area contributed by atoms with Crippen molar-refractivity contribution in [1.29, 1.82) is 0 Å². The molecule has 0 radical (unpaired) electrons. The first kappa shape index (κ1) is 21.2. The van der Waals surface area contributed by atoms with Crippen molar-refractivity contribution in [3.8, 4) is 10.6 Å². The van der Waals surface area contributed by atoms with E-state index >= 15 is 0 Å². The van der Waals surface area contributed by atoms with E-state index in [1.807, 2.05) is 18.2 Å². The molecule has 4 aromatic rings. The third-order valence-corrected chi connectivity index (χ3v) is 5.34. The number of halogens is 1. The first-order valence-corrected chi connectivity index (χ1v) is 10.7. The fraction of sp³-hybridized carbons (Fsp3) is 0.0417. The van der Waals surface area contributed by atoms with E-state index in [1.165, 1.54) is 23.5 Å². The lowest BCUT2D eigenvalue weighted by molar-refractivity contribution is -0.115. The molecule has 4 rings (SSSR count). The van der Waals surface area contributed by atoms with Gasteiger partial charge in [0.1, 0.15) is 10.8 Å². The van der Waals surface area contributed by atoms with Gasteiger partial charge in [-0.05, 0) is 42.5 Å². The number of hydrogen-bond donors (Lipinski definition) is 3. The molecule has 1 heterocycles. The average molecular weight is 447 g/mol. The van der Waals surface area contributed by atoms with Crippen LogP contribution >= 0.6 is 11.3 Å². The van der Waals surface area contributed by atoms with Crippen LogP contribution in [0.4, 0.5) is 26.2 Å². The van der Waals surface area contributed by atoms with Crippen molar-refractivity contribution in [3.63, 3.8) is 0 Å². The zero-order valence-corrected chi connectivity index (χ0v) is 17.7. The maximum absolute atomic E-state index is 13.4. The van der Waals surface area contributed by atoms with Crippen molar-refractivity contribution < 1.29 is 14.0 Å². The fourth-order valence-electron chi connectivity index (χ4n) is 3.00. The number of carbonyl (C=O) groups excluding carboxylic acids is 2. The van der Waals surface area contributed by atoms with Crippen molar-refractivity contribution in [3.05, 3.63) is 95.8 Å². The van der Waals surface area contributed by atoms with Crippen molar-refractivity contribution in [2.75, 3.05) is 16.0 Å². The van der Waals surface area contributed by atoms with Crippen LogP contribution in [0.2, 0.25) is 0 Å². The first-order valence-electron chi connectivity index (χ1n) is 9.78. The molecule has 32 heavy (non-hydrogen) atoms. The Hall–Kier alpha value is -4.04. The van der Waals surface area contributed by atoms with E-state index in [1.54, 1.807) is 53.9 Å². The lowest BCUT2D eigenvalue weighted by Crippen LogP contribution is -2.19. The van der Waals surface area contributed by atoms with Gasteiger partial charge in [0.05, 0.1) is 12.1 Å². The standard InChI is InChI=1S/C24H19FN4O2S/c25-17-7-4-6-16(12-17)23-27-21(15-32-23)14-22(30)26-19-10-5-11-20(13-19)29-24(31)28-18-8-2-1-3-9-18/h1-13,15H,14H2,(H,26,30)(H2,28,29,31). The second kappa shape index (κ2) is 9.84. The zero-order valence-electron chi connectivity index (χ0n) is 16.8. The van der Waals surface area contributed by atoms with Gasteiger partial charge in [-0.2, -0.15) is 0 Å². The second-order valence-electron chi connectivity index (χ2n) is 6.91. The molecule has 0 aliphatic carbocycles. The Morgan fingerprint density at radius 3 is 2.28 bits per heavy atom. The minimum absolute atomic E-state index is 0.0813. The SMILES string of the molecule is O=C(Cc1csc(-c2cccc(F)c2)n1)Nc1cccc(NC(=O)Nc2ccccc2)c1. The van der Waals surface area contributed by atoms with Crippen molar-refractivity contribution in [1.82, 2.24) is 4.98 Å². The highest BCUT2D eigenvalue weighted by Crippen LogP contribution is 2.24. The average Bonchev–Trinajstić information content (AvgIpc) is 3.23. The lowest BCUT2D eigenvalue weighted by Gasteiger charge is -2.10. The van der Waals surface area contributed by atoms with Gasteiger partial charge in [-0.25, -0.2) is 14.2 Å². The highest BCUT2D eigenvalue weighted by molar-refractivity contribution is 7.13. The molecule has 0 atom stereocenters. The summed E-state index contributed by atoms with van der Waals surface area (Å²) in [5, 5.41) is 10.7. The summed E-state index contributed by atoms with van der Waals surface area (Å²) in [6.45, 7) is 0. The van der Waals surface area contributed by atoms with Gasteiger partial charge in [-0.15, -0.1) is 11.3 Å². The molecule has 0 aliphatic rings. The maximum Gasteiger partial charge on any atom is 0.323 e. The molecule has 160 valence electrons. The van der Waals surface area contributed by atoms with Gasteiger partial charge in [0.15, 0.2) is 0 Å². The molecule has 0 saturated heterocycles. The van der Waals surface area contributed by atoms with Gasteiger partial charge in [-0.3, -0.25) is 4.79 Å². The second-order valence-corrected chi connectivity index (χ2v) is 7.76. The van der Waals surface area contributed by atoms with Gasteiger partial charge in [0.25, 0.3) is 0 Å². The van der Waals surface area contributed by atoms with Crippen LogP contribution in [0.5, 0.6) is 0 Å². The minimum atomic E-state index is -0.382. The van der Waals surface area contributed by atoms with E-state index in [9.17, 15) is 14.0 Å². The molecule has 0 saturated carbocycles. The van der Waals surface area contributed by atoms with Crippen LogP contribution in [0.15, 0.2) is 84.2 Å². The normalized spacial score (nSPS) is 10.4. The largest absolute Gasteiger partial charge is 0.326 e. The quantitative estimate of drug-likeness (QED) is 0.351. The highest BCUT2D eigenvalue weighted by atomic mass is 32.1. The van der Waals surface area contributed by atoms with E-state index in [0.717, 1.165) is 0 Å². The summed E-state index contributed by atoms with van der Waals surface area (Å²) < 4.78 is 13.4. The summed E-state index contributed by atoms with van der Waals surface area (Å²) in [6.07, 6.45) is 0.0813. The van der Waals surface area contributed by atoms with Crippen molar-refractivity contribution >= 4 is 40.3 Å². The van der Waals surface area contributed by atoms with Crippen LogP contribution in [0, 0.1) is 5.82 Å². The number of para-hydroxylation sites is 1. The van der Waals surface area contributed by atoms with E-state index in [4.69, 9.17) is 0 Å². The van der Waals surface area contributed by atoms with Crippen LogP contribution in [0.3, 0.4) is 0 Å². The number of hydrogen-bond acceptors (Lipinski definition) is 4. The molecule has 3 N–H and O–H groups in total. The highest BCUT2D eigenvalue weighted by Gasteiger charge is 2.11. The number of rotatable bonds is 6. The van der Waals surface area contributed by atoms with Gasteiger partial charge < -0.3 is 16.0 Å². The Morgan fingerprint density at radius 1 is 0.812 bits per heavy atom. The summed E-state index contributed by atoms with van der Waals surface area (Å²) >= 11 is 1.36. The van der Waals surface area contributed by atoms with Gasteiger partial charge in [0, 0.05) is 28.0 Å². The van der Waals surface area contributed by atoms with Gasteiger partial charge >= 0.3 is 6.03 Å². The predicted molar refractivity (Wildman–Crippen MR) is 125 cm³/mol. The number of aromatic nitrogens is 1. The smallest absolute Gasteiger partial charge is 0.323 e. The van der Waals surface area contributed by atoms with Crippen molar-refractivity contribution in [2.24, 2.45) is 0 Å². The topological polar surface area (TPSA) is 83.1 Å². The summed E-state index contributed by atoms with van der Waals surface area (Å²) in [7, 11) is 0. The number of thiazole rings is 1. The van der Waals surface area contributed by atoms with Crippen LogP contribution in [0.25, 0.3) is 10.6 Å². The van der Waals surface area contributed by atoms with Gasteiger partial charge in [0.2, 0.25) is 5.91 Å². The Balaban J connectivity index is 1.34. The van der Waals surface area contributed by atoms with Crippen LogP contribution in [0.1, 0.15) is 5.69 Å². The minimum Gasteiger partial charge on any atom is -0.326 e. The summed E-state index contributed by atoms with van der Waals surface area (Å²) in [5.41, 5.74) is 3.04. The Morgan fingerprint density at radius 2 is 1.50 bits per heavy atom. The molecule has 1 aromatic heterocycles. The number of amides is 3. The van der Waals surface area contributed by atoms with Crippen molar-refractivity contribution in [2.45, 2.75) is 6.42 Å². The predicted octanol–water partition coefficient (Wildman–Crippen LogP) is 5.77. The molecule has 3 amide bonds. The first-order chi connectivity index (χ1) is 15.5. The Bertz CT molecular complexity index is 1240. The zero-order chi connectivity index (χ0) is 22.3. The van der Waals surface area contributed by atoms with E-state index in [-0.39, 0.29) is 24.2 Å². The van der Waals surface area contributed by atoms with Crippen LogP contribution in [-0.2, 0) is 11.2 Å².